The van der Waals surface area contributed by atoms with Gasteiger partial charge in [0.2, 0.25) is 0 Å². The maximum Gasteiger partial charge on any atom is 0.140 e. The maximum absolute atomic E-state index is 12.7. The molecule has 58 heavy (non-hydrogen) atoms. The minimum absolute atomic E-state index is 0. The summed E-state index contributed by atoms with van der Waals surface area (Å²) in [6, 6.07) is 44.4. The molecule has 0 fully saturated rings. The van der Waals surface area contributed by atoms with Gasteiger partial charge in [-0.2, -0.15) is 0 Å². The van der Waals surface area contributed by atoms with Crippen molar-refractivity contribution in [1.82, 2.24) is 0 Å². The second kappa shape index (κ2) is 22.5. The number of benzene rings is 6. The number of hydrogen-bond acceptors (Lipinski definition) is 2. The summed E-state index contributed by atoms with van der Waals surface area (Å²) in [5, 5.41) is 6.33. The van der Waals surface area contributed by atoms with Gasteiger partial charge in [-0.15, -0.1) is 12.1 Å². The number of carbonyl (C=O) groups is 2. The first-order valence-corrected chi connectivity index (χ1v) is 19.5. The Balaban J connectivity index is 0.000000318. The van der Waals surface area contributed by atoms with E-state index in [1.165, 1.54) is 26.3 Å². The SMILES string of the molecule is CC(=O)C(CC(P(c1ccccc1)c1ccccc1)=[PH](c1ccccc1)c1ccccc1)C(C)=O.Fc1[c-]c(F)c(F)c(F)c1F.Fc1[c-]c(F)c(F)c(F)c1F.[Au]. The Bertz CT molecular complexity index is 2140. The standard InChI is InChI=1S/C31H30O2P2.2C6F5.Au/c1-24(32)30(25(2)33)23-31(34(26-15-7-3-8-16-26)27-17-9-4-10-18-27)35(28-19-11-5-12-20-28)29-21-13-6-14-22-29;2*7-2-1-3(8)5(10)6(11)4(2)9;/h3-22,30,34H,23H2,1-2H3;;;/q;2*-1;. The first-order chi connectivity index (χ1) is 27.1. The minimum Gasteiger partial charge on any atom is -0.299 e. The molecular formula is C43H30AuF10O2P2-2. The number of ketones is 2. The third-order valence-corrected chi connectivity index (χ3v) is 14.4. The van der Waals surface area contributed by atoms with Gasteiger partial charge in [0.1, 0.15) is 11.6 Å². The molecule has 0 saturated heterocycles. The molecule has 0 aliphatic carbocycles. The fraction of sp³-hybridized carbons (Fsp3) is 0.0930. The second-order valence-electron chi connectivity index (χ2n) is 11.9. The summed E-state index contributed by atoms with van der Waals surface area (Å²) in [7, 11) is -2.38. The van der Waals surface area contributed by atoms with Crippen LogP contribution in [0.3, 0.4) is 0 Å². The Kier molecular flexibility index (Phi) is 18.6. The molecule has 0 bridgehead atoms. The smallest absolute Gasteiger partial charge is 0.140 e. The van der Waals surface area contributed by atoms with E-state index in [4.69, 9.17) is 0 Å². The molecular weight excluding hydrogens is 997 g/mol. The van der Waals surface area contributed by atoms with Gasteiger partial charge >= 0.3 is 0 Å². The van der Waals surface area contributed by atoms with Crippen LogP contribution in [0.2, 0.25) is 0 Å². The quantitative estimate of drug-likeness (QED) is 0.0275. The zero-order valence-electron chi connectivity index (χ0n) is 30.2. The summed E-state index contributed by atoms with van der Waals surface area (Å²) < 4.78 is 120. The molecule has 0 N–H and O–H groups in total. The normalized spacial score (nSPS) is 10.6. The Morgan fingerprint density at radius 3 is 1.03 bits per heavy atom. The van der Waals surface area contributed by atoms with E-state index in [1.54, 1.807) is 13.8 Å². The largest absolute Gasteiger partial charge is 0.299 e. The summed E-state index contributed by atoms with van der Waals surface area (Å²) in [5.74, 6) is -20.8. The number of hydrogen-bond donors (Lipinski definition) is 0. The minimum atomic E-state index is -2.17. The van der Waals surface area contributed by atoms with Gasteiger partial charge in [-0.1, -0.05) is 129 Å². The van der Waals surface area contributed by atoms with Crippen LogP contribution in [0.4, 0.5) is 43.9 Å². The van der Waals surface area contributed by atoms with Crippen LogP contribution < -0.4 is 21.2 Å². The van der Waals surface area contributed by atoms with Crippen LogP contribution in [0, 0.1) is 76.2 Å². The van der Waals surface area contributed by atoms with E-state index < -0.39 is 79.6 Å². The molecule has 6 rings (SSSR count). The molecule has 0 unspecified atom stereocenters. The second-order valence-corrected chi connectivity index (χ2v) is 17.1. The van der Waals surface area contributed by atoms with E-state index in [9.17, 15) is 53.5 Å². The van der Waals surface area contributed by atoms with Crippen LogP contribution >= 0.6 is 15.5 Å². The first-order valence-electron chi connectivity index (χ1n) is 16.7. The third kappa shape index (κ3) is 12.2. The first kappa shape index (κ1) is 47.8. The molecule has 0 aliphatic rings. The Morgan fingerprint density at radius 1 is 0.483 bits per heavy atom. The van der Waals surface area contributed by atoms with Crippen LogP contribution in [-0.2, 0) is 32.0 Å². The Hall–Kier alpha value is -4.57. The average Bonchev–Trinajstić information content (AvgIpc) is 3.21. The van der Waals surface area contributed by atoms with Crippen molar-refractivity contribution < 1.29 is 75.9 Å². The van der Waals surface area contributed by atoms with Gasteiger partial charge in [0, 0.05) is 22.4 Å². The van der Waals surface area contributed by atoms with Crippen molar-refractivity contribution in [3.05, 3.63) is 192 Å². The van der Waals surface area contributed by atoms with Gasteiger partial charge in [-0.05, 0) is 54.4 Å². The predicted molar refractivity (Wildman–Crippen MR) is 204 cm³/mol. The van der Waals surface area contributed by atoms with Gasteiger partial charge < -0.3 is 0 Å². The molecule has 0 heterocycles. The van der Waals surface area contributed by atoms with Crippen LogP contribution in [0.1, 0.15) is 20.3 Å². The molecule has 2 nitrogen and oxygen atoms in total. The van der Waals surface area contributed by atoms with E-state index in [0.29, 0.717) is 6.42 Å². The van der Waals surface area contributed by atoms with Gasteiger partial charge in [0.25, 0.3) is 0 Å². The zero-order chi connectivity index (χ0) is 41.8. The zero-order valence-corrected chi connectivity index (χ0v) is 34.2. The van der Waals surface area contributed by atoms with E-state index in [0.717, 1.165) is 12.1 Å². The average molecular weight is 1030 g/mol. The molecule has 6 aromatic rings. The molecule has 0 aromatic heterocycles. The van der Waals surface area contributed by atoms with Crippen molar-refractivity contribution in [2.45, 2.75) is 20.3 Å². The molecule has 1 radical (unpaired) electrons. The molecule has 0 amide bonds. The van der Waals surface area contributed by atoms with Crippen LogP contribution in [0.25, 0.3) is 0 Å². The molecule has 0 atom stereocenters. The van der Waals surface area contributed by atoms with Crippen LogP contribution in [0.15, 0.2) is 121 Å². The summed E-state index contributed by atoms with van der Waals surface area (Å²) in [5.41, 5.74) is 0. The van der Waals surface area contributed by atoms with Crippen molar-refractivity contribution >= 4 is 53.3 Å². The van der Waals surface area contributed by atoms with E-state index in [-0.39, 0.29) is 33.9 Å². The van der Waals surface area contributed by atoms with Gasteiger partial charge in [-0.3, -0.25) is 27.2 Å². The fourth-order valence-corrected chi connectivity index (χ4v) is 12.5. The van der Waals surface area contributed by atoms with E-state index >= 15 is 0 Å². The molecule has 307 valence electrons. The van der Waals surface area contributed by atoms with Crippen molar-refractivity contribution in [2.24, 2.45) is 5.92 Å². The van der Waals surface area contributed by atoms with Crippen molar-refractivity contribution in [3.63, 3.8) is 0 Å². The topological polar surface area (TPSA) is 34.1 Å². The molecule has 0 aliphatic heterocycles. The number of carbonyl (C=O) groups excluding carboxylic acids is 2. The number of halogens is 10. The molecule has 0 saturated carbocycles. The van der Waals surface area contributed by atoms with E-state index in [1.807, 2.05) is 24.3 Å². The Labute approximate surface area is 345 Å². The number of Topliss-reactive ketones (excluding diaryl/α,β-unsaturated/α-hetero) is 2. The summed E-state index contributed by atoms with van der Waals surface area (Å²) in [6.45, 7) is 3.10. The van der Waals surface area contributed by atoms with Gasteiger partial charge in [-0.25, -0.2) is 26.3 Å². The van der Waals surface area contributed by atoms with Gasteiger partial charge in [0.05, 0.1) is 64.1 Å². The molecule has 15 heteroatoms. The van der Waals surface area contributed by atoms with Crippen molar-refractivity contribution in [3.8, 4) is 0 Å². The molecule has 6 aromatic carbocycles. The number of rotatable bonds is 9. The van der Waals surface area contributed by atoms with Crippen molar-refractivity contribution in [1.29, 1.82) is 0 Å². The van der Waals surface area contributed by atoms with Crippen LogP contribution in [0.5, 0.6) is 0 Å². The molecule has 0 spiro atoms. The summed E-state index contributed by atoms with van der Waals surface area (Å²) in [6.07, 6.45) is 0.470. The Morgan fingerprint density at radius 2 is 0.759 bits per heavy atom. The van der Waals surface area contributed by atoms with Gasteiger partial charge in [0.15, 0.2) is 0 Å². The van der Waals surface area contributed by atoms with Crippen LogP contribution in [-0.4, -0.2) is 16.6 Å². The summed E-state index contributed by atoms with van der Waals surface area (Å²) in [4.78, 5) is 25.4. The van der Waals surface area contributed by atoms with E-state index in [2.05, 4.69) is 97.1 Å². The van der Waals surface area contributed by atoms with Crippen molar-refractivity contribution in [2.75, 3.05) is 0 Å². The third-order valence-electron chi connectivity index (χ3n) is 8.07. The fourth-order valence-electron chi connectivity index (χ4n) is 5.39. The maximum atomic E-state index is 12.7. The predicted octanol–water partition coefficient (Wildman–Crippen LogP) is 9.66. The summed E-state index contributed by atoms with van der Waals surface area (Å²) >= 11 is 0. The monoisotopic (exact) mass is 1030 g/mol.